The van der Waals surface area contributed by atoms with Crippen LogP contribution in [-0.2, 0) is 13.0 Å². The molecule has 1 aromatic rings. The van der Waals surface area contributed by atoms with Gasteiger partial charge in [-0.15, -0.1) is 0 Å². The van der Waals surface area contributed by atoms with Gasteiger partial charge in [0.1, 0.15) is 5.75 Å². The van der Waals surface area contributed by atoms with Crippen molar-refractivity contribution >= 4 is 5.69 Å². The van der Waals surface area contributed by atoms with Gasteiger partial charge in [-0.3, -0.25) is 0 Å². The van der Waals surface area contributed by atoms with Crippen LogP contribution >= 0.6 is 0 Å². The third kappa shape index (κ3) is 1.47. The Morgan fingerprint density at radius 2 is 2.15 bits per heavy atom. The second kappa shape index (κ2) is 2.92. The van der Waals surface area contributed by atoms with Crippen LogP contribution in [0.15, 0.2) is 12.1 Å². The molecule has 70 valence electrons. The molecule has 0 saturated heterocycles. The van der Waals surface area contributed by atoms with E-state index < -0.39 is 0 Å². The van der Waals surface area contributed by atoms with E-state index in [0.29, 0.717) is 5.69 Å². The number of hydrogen-bond acceptors (Lipinski definition) is 3. The van der Waals surface area contributed by atoms with Crippen LogP contribution in [-0.4, -0.2) is 23.6 Å². The minimum atomic E-state index is 0.203. The van der Waals surface area contributed by atoms with Gasteiger partial charge in [0.15, 0.2) is 0 Å². The first kappa shape index (κ1) is 8.38. The lowest BCUT2D eigenvalue weighted by Crippen LogP contribution is -2.26. The van der Waals surface area contributed by atoms with Crippen molar-refractivity contribution in [3.63, 3.8) is 0 Å². The molecule has 3 nitrogen and oxygen atoms in total. The smallest absolute Gasteiger partial charge is 0.138 e. The number of nitrogens with two attached hydrogens (primary N) is 1. The Bertz CT molecular complexity index is 336. The van der Waals surface area contributed by atoms with Gasteiger partial charge in [-0.2, -0.15) is 0 Å². The molecule has 3 heteroatoms. The fourth-order valence-electron chi connectivity index (χ4n) is 1.76. The Morgan fingerprint density at radius 3 is 2.92 bits per heavy atom. The second-order valence-electron chi connectivity index (χ2n) is 3.67. The summed E-state index contributed by atoms with van der Waals surface area (Å²) < 4.78 is 0. The lowest BCUT2D eigenvalue weighted by Gasteiger charge is -2.25. The van der Waals surface area contributed by atoms with Crippen molar-refractivity contribution in [2.75, 3.05) is 19.3 Å². The Kier molecular flexibility index (Phi) is 1.88. The highest BCUT2D eigenvalue weighted by atomic mass is 16.3. The Morgan fingerprint density at radius 1 is 1.38 bits per heavy atom. The predicted octanol–water partition coefficient (Wildman–Crippen LogP) is 0.962. The SMILES string of the molecule is CN1CCc2cc(N)c(O)cc2C1. The minimum Gasteiger partial charge on any atom is -0.506 e. The zero-order valence-corrected chi connectivity index (χ0v) is 7.75. The Labute approximate surface area is 77.8 Å². The molecule has 1 aliphatic heterocycles. The van der Waals surface area contributed by atoms with Crippen LogP contribution < -0.4 is 5.73 Å². The third-order valence-electron chi connectivity index (χ3n) is 2.55. The topological polar surface area (TPSA) is 49.5 Å². The molecule has 2 rings (SSSR count). The van der Waals surface area contributed by atoms with E-state index in [0.717, 1.165) is 19.5 Å². The molecule has 0 saturated carbocycles. The van der Waals surface area contributed by atoms with Crippen LogP contribution in [0.3, 0.4) is 0 Å². The minimum absolute atomic E-state index is 0.203. The highest BCUT2D eigenvalue weighted by Gasteiger charge is 2.14. The third-order valence-corrected chi connectivity index (χ3v) is 2.55. The number of anilines is 1. The van der Waals surface area contributed by atoms with Crippen LogP contribution in [0.1, 0.15) is 11.1 Å². The van der Waals surface area contributed by atoms with E-state index in [1.807, 2.05) is 6.07 Å². The van der Waals surface area contributed by atoms with Crippen LogP contribution in [0.25, 0.3) is 0 Å². The summed E-state index contributed by atoms with van der Waals surface area (Å²) in [4.78, 5) is 2.23. The molecule has 1 heterocycles. The number of fused-ring (bicyclic) bond motifs is 1. The number of benzene rings is 1. The molecular formula is C10H14N2O. The van der Waals surface area contributed by atoms with Gasteiger partial charge in [-0.25, -0.2) is 0 Å². The summed E-state index contributed by atoms with van der Waals surface area (Å²) in [5, 5.41) is 9.42. The number of rotatable bonds is 0. The van der Waals surface area contributed by atoms with Gasteiger partial charge in [0.2, 0.25) is 0 Å². The van der Waals surface area contributed by atoms with Crippen molar-refractivity contribution in [3.05, 3.63) is 23.3 Å². The van der Waals surface area contributed by atoms with Crippen LogP contribution in [0.5, 0.6) is 5.75 Å². The lowest BCUT2D eigenvalue weighted by molar-refractivity contribution is 0.312. The molecule has 0 aliphatic carbocycles. The van der Waals surface area contributed by atoms with Crippen molar-refractivity contribution in [1.29, 1.82) is 0 Å². The van der Waals surface area contributed by atoms with Crippen LogP contribution in [0.2, 0.25) is 0 Å². The fraction of sp³-hybridized carbons (Fsp3) is 0.400. The monoisotopic (exact) mass is 178 g/mol. The molecule has 0 spiro atoms. The van der Waals surface area contributed by atoms with Gasteiger partial charge in [0.05, 0.1) is 5.69 Å². The Balaban J connectivity index is 2.43. The van der Waals surface area contributed by atoms with Crippen LogP contribution in [0, 0.1) is 0 Å². The molecule has 1 aliphatic rings. The van der Waals surface area contributed by atoms with Gasteiger partial charge < -0.3 is 15.7 Å². The quantitative estimate of drug-likeness (QED) is 0.459. The summed E-state index contributed by atoms with van der Waals surface area (Å²) in [6.07, 6.45) is 1.02. The van der Waals surface area contributed by atoms with Gasteiger partial charge >= 0.3 is 0 Å². The fourth-order valence-corrected chi connectivity index (χ4v) is 1.76. The van der Waals surface area contributed by atoms with E-state index in [1.54, 1.807) is 6.07 Å². The first-order chi connectivity index (χ1) is 6.16. The maximum absolute atomic E-state index is 9.42. The standard InChI is InChI=1S/C10H14N2O/c1-12-3-2-7-4-9(11)10(13)5-8(7)6-12/h4-5,13H,2-3,6,11H2,1H3. The number of likely N-dealkylation sites (N-methyl/N-ethyl adjacent to an activating group) is 1. The first-order valence-corrected chi connectivity index (χ1v) is 4.45. The molecule has 0 fully saturated rings. The largest absolute Gasteiger partial charge is 0.506 e. The molecule has 0 unspecified atom stereocenters. The zero-order chi connectivity index (χ0) is 9.42. The normalized spacial score (nSPS) is 17.0. The highest BCUT2D eigenvalue weighted by Crippen LogP contribution is 2.27. The summed E-state index contributed by atoms with van der Waals surface area (Å²) >= 11 is 0. The van der Waals surface area contributed by atoms with Crippen molar-refractivity contribution in [2.45, 2.75) is 13.0 Å². The lowest BCUT2D eigenvalue weighted by atomic mass is 9.99. The molecule has 1 aromatic carbocycles. The maximum atomic E-state index is 9.42. The zero-order valence-electron chi connectivity index (χ0n) is 7.75. The molecule has 0 aromatic heterocycles. The van der Waals surface area contributed by atoms with Crippen molar-refractivity contribution < 1.29 is 5.11 Å². The number of nitrogens with zero attached hydrogens (tertiary/aromatic N) is 1. The van der Waals surface area contributed by atoms with E-state index in [4.69, 9.17) is 5.73 Å². The molecular weight excluding hydrogens is 164 g/mol. The van der Waals surface area contributed by atoms with Gasteiger partial charge in [-0.1, -0.05) is 0 Å². The molecule has 0 atom stereocenters. The first-order valence-electron chi connectivity index (χ1n) is 4.45. The number of aromatic hydroxyl groups is 1. The number of phenols is 1. The van der Waals surface area contributed by atoms with Gasteiger partial charge in [-0.05, 0) is 36.7 Å². The second-order valence-corrected chi connectivity index (χ2v) is 3.67. The average molecular weight is 178 g/mol. The maximum Gasteiger partial charge on any atom is 0.138 e. The predicted molar refractivity (Wildman–Crippen MR) is 52.6 cm³/mol. The highest BCUT2D eigenvalue weighted by molar-refractivity contribution is 5.56. The molecule has 3 N–H and O–H groups in total. The number of phenolic OH excluding ortho intramolecular Hbond substituents is 1. The average Bonchev–Trinajstić information content (AvgIpc) is 2.08. The van der Waals surface area contributed by atoms with Crippen molar-refractivity contribution in [2.24, 2.45) is 0 Å². The van der Waals surface area contributed by atoms with Gasteiger partial charge in [0.25, 0.3) is 0 Å². The van der Waals surface area contributed by atoms with E-state index >= 15 is 0 Å². The van der Waals surface area contributed by atoms with Crippen molar-refractivity contribution in [3.8, 4) is 5.75 Å². The van der Waals surface area contributed by atoms with Crippen molar-refractivity contribution in [1.82, 2.24) is 4.90 Å². The molecule has 13 heavy (non-hydrogen) atoms. The summed E-state index contributed by atoms with van der Waals surface area (Å²) in [6.45, 7) is 1.97. The molecule has 0 radical (unpaired) electrons. The number of hydrogen-bond donors (Lipinski definition) is 2. The van der Waals surface area contributed by atoms with Crippen LogP contribution in [0.4, 0.5) is 5.69 Å². The number of nitrogen functional groups attached to an aromatic ring is 1. The van der Waals surface area contributed by atoms with E-state index in [9.17, 15) is 5.11 Å². The Hall–Kier alpha value is -1.22. The summed E-state index contributed by atoms with van der Waals surface area (Å²) in [6, 6.07) is 3.66. The van der Waals surface area contributed by atoms with E-state index in [2.05, 4.69) is 11.9 Å². The summed E-state index contributed by atoms with van der Waals surface area (Å²) in [5.74, 6) is 0.203. The molecule has 0 bridgehead atoms. The van der Waals surface area contributed by atoms with Gasteiger partial charge in [0, 0.05) is 13.1 Å². The molecule has 0 amide bonds. The van der Waals surface area contributed by atoms with E-state index in [1.165, 1.54) is 11.1 Å². The van der Waals surface area contributed by atoms with E-state index in [-0.39, 0.29) is 5.75 Å². The summed E-state index contributed by atoms with van der Waals surface area (Å²) in [7, 11) is 2.08. The summed E-state index contributed by atoms with van der Waals surface area (Å²) in [5.41, 5.74) is 8.57.